The number of sulfonamides is 1. The van der Waals surface area contributed by atoms with Crippen molar-refractivity contribution in [1.82, 2.24) is 20.0 Å². The molecule has 1 aromatic carbocycles. The normalized spacial score (nSPS) is 13.0. The zero-order chi connectivity index (χ0) is 18.4. The third-order valence-corrected chi connectivity index (χ3v) is 5.47. The number of amides is 1. The molecule has 1 aromatic heterocycles. The molecule has 136 valence electrons. The molecule has 0 fully saturated rings. The zero-order valence-corrected chi connectivity index (χ0v) is 15.4. The van der Waals surface area contributed by atoms with Gasteiger partial charge in [-0.15, -0.1) is 0 Å². The van der Waals surface area contributed by atoms with Gasteiger partial charge in [-0.3, -0.25) is 4.79 Å². The van der Waals surface area contributed by atoms with Gasteiger partial charge in [0.1, 0.15) is 0 Å². The highest BCUT2D eigenvalue weighted by molar-refractivity contribution is 7.89. The van der Waals surface area contributed by atoms with Crippen LogP contribution in [0.2, 0.25) is 0 Å². The highest BCUT2D eigenvalue weighted by Crippen LogP contribution is 2.12. The Bertz CT molecular complexity index is 801. The maximum atomic E-state index is 12.4. The summed E-state index contributed by atoms with van der Waals surface area (Å²) in [5.41, 5.74) is 1.17. The maximum Gasteiger partial charge on any atom is 0.251 e. The van der Waals surface area contributed by atoms with Crippen LogP contribution < -0.4 is 10.0 Å². The van der Waals surface area contributed by atoms with Gasteiger partial charge in [-0.2, -0.15) is 0 Å². The van der Waals surface area contributed by atoms with Crippen molar-refractivity contribution in [2.24, 2.45) is 5.92 Å². The summed E-state index contributed by atoms with van der Waals surface area (Å²) in [6.45, 7) is 6.18. The molecule has 7 nitrogen and oxygen atoms in total. The van der Waals surface area contributed by atoms with E-state index in [9.17, 15) is 13.2 Å². The van der Waals surface area contributed by atoms with Crippen LogP contribution in [0.4, 0.5) is 0 Å². The van der Waals surface area contributed by atoms with Gasteiger partial charge < -0.3 is 10.3 Å². The number of nitrogens with zero attached hydrogens (tertiary/aromatic N) is 1. The van der Waals surface area contributed by atoms with Crippen molar-refractivity contribution >= 4 is 15.9 Å². The number of H-pyrrole nitrogens is 1. The fraction of sp³-hybridized carbons (Fsp3) is 0.412. The summed E-state index contributed by atoms with van der Waals surface area (Å²) < 4.78 is 27.3. The predicted molar refractivity (Wildman–Crippen MR) is 95.7 cm³/mol. The molecule has 0 saturated carbocycles. The lowest BCUT2D eigenvalue weighted by Crippen LogP contribution is -2.36. The summed E-state index contributed by atoms with van der Waals surface area (Å²) >= 11 is 0. The Morgan fingerprint density at radius 3 is 2.68 bits per heavy atom. The van der Waals surface area contributed by atoms with Crippen molar-refractivity contribution in [3.63, 3.8) is 0 Å². The molecule has 0 bridgehead atoms. The second kappa shape index (κ2) is 8.26. The number of carbonyl (C=O) groups excluding carboxylic acids is 1. The van der Waals surface area contributed by atoms with Crippen molar-refractivity contribution in [2.75, 3.05) is 6.54 Å². The standard InChI is InChI=1S/C17H24N4O3S/c1-12(2)13(3)21-17(22)14-5-4-6-16(9-14)25(23,24)20-8-7-15-10-18-11-19-15/h4-6,9-13,20H,7-8H2,1-3H3,(H,18,19)(H,21,22)/t13-/m0/s1. The van der Waals surface area contributed by atoms with Crippen molar-refractivity contribution in [3.8, 4) is 0 Å². The van der Waals surface area contributed by atoms with Gasteiger partial charge in [-0.25, -0.2) is 18.1 Å². The third kappa shape index (κ3) is 5.40. The number of nitrogens with one attached hydrogen (secondary N) is 3. The van der Waals surface area contributed by atoms with E-state index in [0.717, 1.165) is 5.69 Å². The first-order valence-electron chi connectivity index (χ1n) is 8.17. The Kier molecular flexibility index (Phi) is 6.33. The molecule has 0 spiro atoms. The van der Waals surface area contributed by atoms with Gasteiger partial charge in [0, 0.05) is 36.5 Å². The van der Waals surface area contributed by atoms with Crippen molar-refractivity contribution in [2.45, 2.75) is 38.1 Å². The molecule has 2 aromatic rings. The molecule has 0 aliphatic carbocycles. The summed E-state index contributed by atoms with van der Waals surface area (Å²) in [6, 6.07) is 6.03. The molecular formula is C17H24N4O3S. The quantitative estimate of drug-likeness (QED) is 0.663. The number of imidazole rings is 1. The van der Waals surface area contributed by atoms with Gasteiger partial charge in [0.05, 0.1) is 11.2 Å². The average Bonchev–Trinajstić information content (AvgIpc) is 3.08. The van der Waals surface area contributed by atoms with E-state index in [0.29, 0.717) is 17.9 Å². The van der Waals surface area contributed by atoms with Gasteiger partial charge >= 0.3 is 0 Å². The van der Waals surface area contributed by atoms with Gasteiger partial charge in [0.2, 0.25) is 10.0 Å². The van der Waals surface area contributed by atoms with E-state index in [1.54, 1.807) is 24.7 Å². The minimum atomic E-state index is -3.68. The van der Waals surface area contributed by atoms with Crippen LogP contribution in [0.3, 0.4) is 0 Å². The van der Waals surface area contributed by atoms with Crippen LogP contribution in [0.1, 0.15) is 36.8 Å². The molecule has 1 atom stereocenters. The van der Waals surface area contributed by atoms with Crippen LogP contribution in [0, 0.1) is 5.92 Å². The van der Waals surface area contributed by atoms with Crippen LogP contribution in [0.5, 0.6) is 0 Å². The number of benzene rings is 1. The number of carbonyl (C=O) groups is 1. The Morgan fingerprint density at radius 2 is 2.04 bits per heavy atom. The molecule has 0 aliphatic heterocycles. The minimum Gasteiger partial charge on any atom is -0.349 e. The molecule has 8 heteroatoms. The van der Waals surface area contributed by atoms with Gasteiger partial charge in [0.15, 0.2) is 0 Å². The van der Waals surface area contributed by atoms with Crippen LogP contribution in [0.15, 0.2) is 41.7 Å². The monoisotopic (exact) mass is 364 g/mol. The topological polar surface area (TPSA) is 104 Å². The van der Waals surface area contributed by atoms with Crippen LogP contribution in [0.25, 0.3) is 0 Å². The second-order valence-corrected chi connectivity index (χ2v) is 8.03. The number of aromatic amines is 1. The molecule has 0 radical (unpaired) electrons. The first kappa shape index (κ1) is 19.1. The summed E-state index contributed by atoms with van der Waals surface area (Å²) in [4.78, 5) is 19.1. The molecule has 0 saturated heterocycles. The van der Waals surface area contributed by atoms with E-state index in [-0.39, 0.29) is 23.4 Å². The van der Waals surface area contributed by atoms with Gasteiger partial charge in [-0.1, -0.05) is 19.9 Å². The minimum absolute atomic E-state index is 0.000272. The third-order valence-electron chi connectivity index (χ3n) is 4.01. The predicted octanol–water partition coefficient (Wildman–Crippen LogP) is 1.70. The Balaban J connectivity index is 2.04. The molecule has 0 unspecified atom stereocenters. The molecule has 0 aliphatic rings. The van der Waals surface area contributed by atoms with Crippen molar-refractivity contribution in [3.05, 3.63) is 48.0 Å². The number of rotatable bonds is 8. The van der Waals surface area contributed by atoms with E-state index in [1.807, 2.05) is 20.8 Å². The van der Waals surface area contributed by atoms with Gasteiger partial charge in [0.25, 0.3) is 5.91 Å². The Labute approximate surface area is 148 Å². The molecule has 2 rings (SSSR count). The fourth-order valence-corrected chi connectivity index (χ4v) is 3.16. The summed E-state index contributed by atoms with van der Waals surface area (Å²) in [5, 5.41) is 2.87. The highest BCUT2D eigenvalue weighted by atomic mass is 32.2. The number of aromatic nitrogens is 2. The zero-order valence-electron chi connectivity index (χ0n) is 14.6. The average molecular weight is 364 g/mol. The smallest absolute Gasteiger partial charge is 0.251 e. The maximum absolute atomic E-state index is 12.4. The summed E-state index contributed by atoms with van der Waals surface area (Å²) in [5.74, 6) is 0.00993. The van der Waals surface area contributed by atoms with Crippen LogP contribution >= 0.6 is 0 Å². The van der Waals surface area contributed by atoms with E-state index in [1.165, 1.54) is 12.1 Å². The Morgan fingerprint density at radius 1 is 1.28 bits per heavy atom. The SMILES string of the molecule is CC(C)[C@H](C)NC(=O)c1cccc(S(=O)(=O)NCCc2cnc[nH]2)c1. The van der Waals surface area contributed by atoms with Crippen molar-refractivity contribution < 1.29 is 13.2 Å². The summed E-state index contributed by atoms with van der Waals surface area (Å²) in [7, 11) is -3.68. The number of hydrogen-bond donors (Lipinski definition) is 3. The first-order valence-corrected chi connectivity index (χ1v) is 9.66. The first-order chi connectivity index (χ1) is 11.8. The largest absolute Gasteiger partial charge is 0.349 e. The Hall–Kier alpha value is -2.19. The lowest BCUT2D eigenvalue weighted by molar-refractivity contribution is 0.0930. The van der Waals surface area contributed by atoms with E-state index >= 15 is 0 Å². The molecule has 3 N–H and O–H groups in total. The lowest BCUT2D eigenvalue weighted by atomic mass is 10.1. The highest BCUT2D eigenvalue weighted by Gasteiger charge is 2.17. The van der Waals surface area contributed by atoms with Gasteiger partial charge in [-0.05, 0) is 31.0 Å². The lowest BCUT2D eigenvalue weighted by Gasteiger charge is -2.17. The van der Waals surface area contributed by atoms with E-state index in [4.69, 9.17) is 0 Å². The van der Waals surface area contributed by atoms with Crippen LogP contribution in [-0.4, -0.2) is 36.9 Å². The van der Waals surface area contributed by atoms with E-state index in [2.05, 4.69) is 20.0 Å². The molecule has 1 heterocycles. The molecule has 25 heavy (non-hydrogen) atoms. The second-order valence-electron chi connectivity index (χ2n) is 6.26. The summed E-state index contributed by atoms with van der Waals surface area (Å²) in [6.07, 6.45) is 3.70. The van der Waals surface area contributed by atoms with Crippen molar-refractivity contribution in [1.29, 1.82) is 0 Å². The molecular weight excluding hydrogens is 340 g/mol. The molecule has 1 amide bonds. The van der Waals surface area contributed by atoms with E-state index < -0.39 is 10.0 Å². The fourth-order valence-electron chi connectivity index (χ4n) is 2.09. The number of hydrogen-bond acceptors (Lipinski definition) is 4. The van der Waals surface area contributed by atoms with Crippen LogP contribution in [-0.2, 0) is 16.4 Å².